The van der Waals surface area contributed by atoms with Crippen LogP contribution in [0.25, 0.3) is 11.3 Å². The van der Waals surface area contributed by atoms with Crippen LogP contribution in [0, 0.1) is 21.4 Å². The second-order valence-corrected chi connectivity index (χ2v) is 4.64. The average molecular weight is 304 g/mol. The molecule has 0 unspecified atom stereocenters. The van der Waals surface area contributed by atoms with Crippen molar-refractivity contribution in [3.63, 3.8) is 0 Å². The topological polar surface area (TPSA) is 133 Å². The van der Waals surface area contributed by atoms with Crippen LogP contribution in [0.1, 0.15) is 5.56 Å². The molecule has 2 aromatic rings. The molecule has 0 aliphatic heterocycles. The van der Waals surface area contributed by atoms with Gasteiger partial charge in [0, 0.05) is 6.07 Å². The van der Waals surface area contributed by atoms with Crippen molar-refractivity contribution in [3.8, 4) is 23.1 Å². The average Bonchev–Trinajstić information content (AvgIpc) is 2.46. The highest BCUT2D eigenvalue weighted by molar-refractivity contribution is 7.98. The molecule has 2 rings (SSSR count). The van der Waals surface area contributed by atoms with Crippen LogP contribution in [-0.2, 0) is 0 Å². The van der Waals surface area contributed by atoms with Gasteiger partial charge >= 0.3 is 5.69 Å². The van der Waals surface area contributed by atoms with Crippen molar-refractivity contribution in [1.29, 1.82) is 5.26 Å². The predicted octanol–water partition coefficient (Wildman–Crippen LogP) is 1.64. The summed E-state index contributed by atoms with van der Waals surface area (Å²) in [5, 5.41) is 30.1. The number of hydrogen-bond acceptors (Lipinski definition) is 7. The molecule has 0 saturated carbocycles. The molecule has 0 aliphatic carbocycles. The number of nitriles is 1. The lowest BCUT2D eigenvalue weighted by Gasteiger charge is -2.07. The third-order valence-corrected chi connectivity index (χ3v) is 3.25. The van der Waals surface area contributed by atoms with Gasteiger partial charge in [0.2, 0.25) is 5.75 Å². The fraction of sp³-hybridized carbons (Fsp3) is 0.0833. The first kappa shape index (κ1) is 14.5. The maximum absolute atomic E-state index is 11.8. The van der Waals surface area contributed by atoms with E-state index in [1.165, 1.54) is 12.1 Å². The standard InChI is InChI=1S/C12H8N4O4S/c1-21-12-14-9(7(5-13)11(18)15-12)6-3-2-4-8(10(6)17)16(19)20/h2-4,17H,1H3,(H,14,15,18). The Hall–Kier alpha value is -2.86. The van der Waals surface area contributed by atoms with Crippen LogP contribution in [0.2, 0.25) is 0 Å². The fourth-order valence-corrected chi connectivity index (χ4v) is 2.09. The van der Waals surface area contributed by atoms with E-state index in [1.54, 1.807) is 12.3 Å². The van der Waals surface area contributed by atoms with E-state index in [2.05, 4.69) is 9.97 Å². The van der Waals surface area contributed by atoms with E-state index in [-0.39, 0.29) is 22.0 Å². The zero-order valence-corrected chi connectivity index (χ0v) is 11.5. The number of nitro groups is 1. The van der Waals surface area contributed by atoms with Crippen LogP contribution >= 0.6 is 11.8 Å². The predicted molar refractivity (Wildman–Crippen MR) is 75.1 cm³/mol. The molecule has 2 N–H and O–H groups in total. The molecule has 1 aromatic heterocycles. The Kier molecular flexibility index (Phi) is 3.91. The SMILES string of the molecule is CSc1nc(-c2cccc([N+](=O)[O-])c2O)c(C#N)c(=O)[nH]1. The van der Waals surface area contributed by atoms with Crippen LogP contribution in [0.4, 0.5) is 5.69 Å². The lowest BCUT2D eigenvalue weighted by molar-refractivity contribution is -0.385. The Morgan fingerprint density at radius 3 is 2.81 bits per heavy atom. The Labute approximate surface area is 122 Å². The number of nitrogens with one attached hydrogen (secondary N) is 1. The smallest absolute Gasteiger partial charge is 0.311 e. The first-order valence-electron chi connectivity index (χ1n) is 5.54. The number of phenolic OH excluding ortho intramolecular Hbond substituents is 1. The van der Waals surface area contributed by atoms with Gasteiger partial charge in [0.1, 0.15) is 17.3 Å². The zero-order chi connectivity index (χ0) is 15.6. The second-order valence-electron chi connectivity index (χ2n) is 3.84. The van der Waals surface area contributed by atoms with Crippen molar-refractivity contribution in [2.45, 2.75) is 5.16 Å². The van der Waals surface area contributed by atoms with E-state index >= 15 is 0 Å². The molecule has 0 bridgehead atoms. The molecule has 21 heavy (non-hydrogen) atoms. The van der Waals surface area contributed by atoms with Crippen molar-refractivity contribution in [2.75, 3.05) is 6.26 Å². The molecule has 0 atom stereocenters. The number of aromatic hydroxyl groups is 1. The lowest BCUT2D eigenvalue weighted by Crippen LogP contribution is -2.14. The summed E-state index contributed by atoms with van der Waals surface area (Å²) in [4.78, 5) is 28.3. The largest absolute Gasteiger partial charge is 0.502 e. The fourth-order valence-electron chi connectivity index (χ4n) is 1.72. The summed E-state index contributed by atoms with van der Waals surface area (Å²) >= 11 is 1.14. The summed E-state index contributed by atoms with van der Waals surface area (Å²) in [6.45, 7) is 0. The normalized spacial score (nSPS) is 10.1. The quantitative estimate of drug-likeness (QED) is 0.381. The number of nitrogens with zero attached hydrogens (tertiary/aromatic N) is 3. The van der Waals surface area contributed by atoms with E-state index in [4.69, 9.17) is 5.26 Å². The Balaban J connectivity index is 2.82. The van der Waals surface area contributed by atoms with Gasteiger partial charge in [-0.1, -0.05) is 17.8 Å². The van der Waals surface area contributed by atoms with Gasteiger partial charge in [-0.3, -0.25) is 14.9 Å². The molecule has 0 aliphatic rings. The molecular weight excluding hydrogens is 296 g/mol. The molecule has 0 amide bonds. The summed E-state index contributed by atoms with van der Waals surface area (Å²) in [5.41, 5.74) is -1.64. The number of rotatable bonds is 3. The van der Waals surface area contributed by atoms with Crippen LogP contribution in [0.5, 0.6) is 5.75 Å². The Morgan fingerprint density at radius 2 is 2.24 bits per heavy atom. The molecule has 1 aromatic carbocycles. The minimum absolute atomic E-state index is 0.0397. The van der Waals surface area contributed by atoms with E-state index < -0.39 is 21.9 Å². The highest BCUT2D eigenvalue weighted by atomic mass is 32.2. The van der Waals surface area contributed by atoms with Gasteiger partial charge in [-0.2, -0.15) is 5.26 Å². The van der Waals surface area contributed by atoms with Crippen LogP contribution in [0.15, 0.2) is 28.2 Å². The van der Waals surface area contributed by atoms with Gasteiger partial charge in [0.15, 0.2) is 5.16 Å². The van der Waals surface area contributed by atoms with Gasteiger partial charge in [0.05, 0.1) is 10.5 Å². The van der Waals surface area contributed by atoms with Crippen LogP contribution in [-0.4, -0.2) is 26.3 Å². The molecule has 1 heterocycles. The molecule has 106 valence electrons. The van der Waals surface area contributed by atoms with Crippen molar-refractivity contribution in [2.24, 2.45) is 0 Å². The van der Waals surface area contributed by atoms with Gasteiger partial charge in [-0.05, 0) is 12.3 Å². The number of H-pyrrole nitrogens is 1. The molecule has 0 fully saturated rings. The monoisotopic (exact) mass is 304 g/mol. The summed E-state index contributed by atoms with van der Waals surface area (Å²) in [6.07, 6.45) is 1.67. The highest BCUT2D eigenvalue weighted by Crippen LogP contribution is 2.36. The second kappa shape index (κ2) is 5.64. The maximum Gasteiger partial charge on any atom is 0.311 e. The molecule has 0 spiro atoms. The number of nitro benzene ring substituents is 1. The number of thioether (sulfide) groups is 1. The summed E-state index contributed by atoms with van der Waals surface area (Å²) < 4.78 is 0. The summed E-state index contributed by atoms with van der Waals surface area (Å²) in [6, 6.07) is 5.51. The van der Waals surface area contributed by atoms with Crippen molar-refractivity contribution in [3.05, 3.63) is 44.2 Å². The van der Waals surface area contributed by atoms with Gasteiger partial charge in [0.25, 0.3) is 5.56 Å². The van der Waals surface area contributed by atoms with E-state index in [0.717, 1.165) is 17.8 Å². The van der Waals surface area contributed by atoms with Crippen molar-refractivity contribution in [1.82, 2.24) is 9.97 Å². The van der Waals surface area contributed by atoms with Gasteiger partial charge in [-0.15, -0.1) is 0 Å². The Morgan fingerprint density at radius 1 is 1.52 bits per heavy atom. The Bertz CT molecular complexity index is 825. The third-order valence-electron chi connectivity index (χ3n) is 2.67. The highest BCUT2D eigenvalue weighted by Gasteiger charge is 2.22. The molecular formula is C12H8N4O4S. The minimum atomic E-state index is -0.756. The van der Waals surface area contributed by atoms with Crippen molar-refractivity contribution < 1.29 is 10.0 Å². The van der Waals surface area contributed by atoms with E-state index in [0.29, 0.717) is 0 Å². The third kappa shape index (κ3) is 2.56. The number of aromatic nitrogens is 2. The minimum Gasteiger partial charge on any atom is -0.502 e. The molecule has 0 radical (unpaired) electrons. The van der Waals surface area contributed by atoms with E-state index in [1.807, 2.05) is 0 Å². The lowest BCUT2D eigenvalue weighted by atomic mass is 10.1. The zero-order valence-electron chi connectivity index (χ0n) is 10.7. The number of benzene rings is 1. The number of hydrogen-bond donors (Lipinski definition) is 2. The van der Waals surface area contributed by atoms with Crippen LogP contribution < -0.4 is 5.56 Å². The summed E-state index contributed by atoms with van der Waals surface area (Å²) in [5.74, 6) is -0.635. The van der Waals surface area contributed by atoms with E-state index in [9.17, 15) is 20.0 Å². The van der Waals surface area contributed by atoms with Crippen molar-refractivity contribution >= 4 is 17.4 Å². The van der Waals surface area contributed by atoms with Gasteiger partial charge < -0.3 is 10.1 Å². The number of aromatic amines is 1. The molecule has 8 nitrogen and oxygen atoms in total. The molecule has 9 heteroatoms. The number of para-hydroxylation sites is 1. The van der Waals surface area contributed by atoms with Crippen LogP contribution in [0.3, 0.4) is 0 Å². The number of phenols is 1. The van der Waals surface area contributed by atoms with Gasteiger partial charge in [-0.25, -0.2) is 4.98 Å². The summed E-state index contributed by atoms with van der Waals surface area (Å²) in [7, 11) is 0. The first-order chi connectivity index (χ1) is 9.99. The first-order valence-corrected chi connectivity index (χ1v) is 6.77. The molecule has 0 saturated heterocycles. The maximum atomic E-state index is 11.8.